The third-order valence-corrected chi connectivity index (χ3v) is 3.08. The van der Waals surface area contributed by atoms with Crippen molar-refractivity contribution >= 4 is 5.91 Å². The number of piperazine rings is 1. The van der Waals surface area contributed by atoms with Gasteiger partial charge in [0.25, 0.3) is 0 Å². The number of amides is 1. The second kappa shape index (κ2) is 6.04. The summed E-state index contributed by atoms with van der Waals surface area (Å²) in [5, 5.41) is 2.93. The Balaban J connectivity index is 2.32. The molecule has 0 aromatic heterocycles. The first-order chi connectivity index (χ1) is 7.95. The van der Waals surface area contributed by atoms with Crippen LogP contribution in [-0.4, -0.2) is 60.5 Å². The Morgan fingerprint density at radius 1 is 1.29 bits per heavy atom. The lowest BCUT2D eigenvalue weighted by atomic mass is 10.1. The molecule has 1 aliphatic heterocycles. The summed E-state index contributed by atoms with van der Waals surface area (Å²) < 4.78 is 0. The Hall–Kier alpha value is -1.05. The number of rotatable bonds is 3. The maximum Gasteiger partial charge on any atom is 0.236 e. The standard InChI is InChI=1S/C13H23N3O/c1-5-6-14-11-12(17)15-7-9-16(10-8-15)13(2,3)4/h1,14H,6-11H2,2-4H3. The molecule has 0 spiro atoms. The van der Waals surface area contributed by atoms with Crippen LogP contribution >= 0.6 is 0 Å². The van der Waals surface area contributed by atoms with Crippen molar-refractivity contribution in [1.29, 1.82) is 0 Å². The van der Waals surface area contributed by atoms with E-state index in [1.807, 2.05) is 4.90 Å². The van der Waals surface area contributed by atoms with Crippen molar-refractivity contribution in [1.82, 2.24) is 15.1 Å². The third-order valence-electron chi connectivity index (χ3n) is 3.08. The molecule has 4 nitrogen and oxygen atoms in total. The van der Waals surface area contributed by atoms with Crippen LogP contribution in [0.4, 0.5) is 0 Å². The number of nitrogens with zero attached hydrogens (tertiary/aromatic N) is 2. The predicted molar refractivity (Wildman–Crippen MR) is 69.6 cm³/mol. The fraction of sp³-hybridized carbons (Fsp3) is 0.769. The quantitative estimate of drug-likeness (QED) is 0.561. The average Bonchev–Trinajstić information content (AvgIpc) is 2.28. The lowest BCUT2D eigenvalue weighted by molar-refractivity contribution is -0.132. The monoisotopic (exact) mass is 237 g/mol. The van der Waals surface area contributed by atoms with E-state index in [0.29, 0.717) is 13.1 Å². The van der Waals surface area contributed by atoms with E-state index >= 15 is 0 Å². The van der Waals surface area contributed by atoms with Crippen molar-refractivity contribution in [2.24, 2.45) is 0 Å². The smallest absolute Gasteiger partial charge is 0.236 e. The zero-order valence-corrected chi connectivity index (χ0v) is 11.1. The Morgan fingerprint density at radius 3 is 2.35 bits per heavy atom. The second-order valence-electron chi connectivity index (χ2n) is 5.35. The van der Waals surface area contributed by atoms with Gasteiger partial charge in [0.1, 0.15) is 0 Å². The van der Waals surface area contributed by atoms with Crippen LogP contribution in [0.5, 0.6) is 0 Å². The van der Waals surface area contributed by atoms with E-state index < -0.39 is 0 Å². The molecular weight excluding hydrogens is 214 g/mol. The minimum atomic E-state index is 0.147. The first kappa shape index (κ1) is 14.0. The molecule has 1 aliphatic rings. The van der Waals surface area contributed by atoms with Gasteiger partial charge in [-0.1, -0.05) is 5.92 Å². The van der Waals surface area contributed by atoms with Crippen molar-refractivity contribution in [3.63, 3.8) is 0 Å². The highest BCUT2D eigenvalue weighted by Gasteiger charge is 2.27. The Labute approximate surface area is 104 Å². The molecule has 0 unspecified atom stereocenters. The van der Waals surface area contributed by atoms with Crippen molar-refractivity contribution < 1.29 is 4.79 Å². The van der Waals surface area contributed by atoms with Crippen LogP contribution in [0.25, 0.3) is 0 Å². The van der Waals surface area contributed by atoms with Crippen LogP contribution in [0.1, 0.15) is 20.8 Å². The molecule has 1 N–H and O–H groups in total. The Bertz CT molecular complexity index is 293. The van der Waals surface area contributed by atoms with Crippen LogP contribution in [0.3, 0.4) is 0 Å². The second-order valence-corrected chi connectivity index (χ2v) is 5.35. The van der Waals surface area contributed by atoms with Gasteiger partial charge in [0, 0.05) is 31.7 Å². The highest BCUT2D eigenvalue weighted by molar-refractivity contribution is 5.78. The molecular formula is C13H23N3O. The van der Waals surface area contributed by atoms with Crippen LogP contribution in [0, 0.1) is 12.3 Å². The van der Waals surface area contributed by atoms with Crippen LogP contribution in [0.15, 0.2) is 0 Å². The molecule has 0 aromatic carbocycles. The van der Waals surface area contributed by atoms with E-state index in [0.717, 1.165) is 26.2 Å². The number of hydrogen-bond donors (Lipinski definition) is 1. The maximum atomic E-state index is 11.8. The van der Waals surface area contributed by atoms with Gasteiger partial charge in [0.2, 0.25) is 5.91 Å². The molecule has 0 bridgehead atoms. The van der Waals surface area contributed by atoms with Crippen LogP contribution < -0.4 is 5.32 Å². The zero-order chi connectivity index (χ0) is 12.9. The highest BCUT2D eigenvalue weighted by atomic mass is 16.2. The zero-order valence-electron chi connectivity index (χ0n) is 11.1. The molecule has 0 atom stereocenters. The Morgan fingerprint density at radius 2 is 1.88 bits per heavy atom. The summed E-state index contributed by atoms with van der Waals surface area (Å²) in [4.78, 5) is 16.1. The molecule has 1 heterocycles. The number of nitrogens with one attached hydrogen (secondary N) is 1. The lowest BCUT2D eigenvalue weighted by Gasteiger charge is -2.42. The van der Waals surface area contributed by atoms with Gasteiger partial charge in [-0.3, -0.25) is 15.0 Å². The molecule has 4 heteroatoms. The first-order valence-electron chi connectivity index (χ1n) is 6.12. The van der Waals surface area contributed by atoms with Gasteiger partial charge in [-0.05, 0) is 20.8 Å². The molecule has 0 aliphatic carbocycles. The minimum absolute atomic E-state index is 0.147. The van der Waals surface area contributed by atoms with E-state index in [9.17, 15) is 4.79 Å². The summed E-state index contributed by atoms with van der Waals surface area (Å²) in [6, 6.07) is 0. The molecule has 0 saturated carbocycles. The van der Waals surface area contributed by atoms with E-state index in [4.69, 9.17) is 6.42 Å². The van der Waals surface area contributed by atoms with E-state index in [1.165, 1.54) is 0 Å². The topological polar surface area (TPSA) is 35.6 Å². The fourth-order valence-electron chi connectivity index (χ4n) is 1.98. The number of terminal acetylenes is 1. The van der Waals surface area contributed by atoms with Crippen LogP contribution in [-0.2, 0) is 4.79 Å². The number of carbonyl (C=O) groups excluding carboxylic acids is 1. The molecule has 0 radical (unpaired) electrons. The van der Waals surface area contributed by atoms with Crippen molar-refractivity contribution in [2.45, 2.75) is 26.3 Å². The summed E-state index contributed by atoms with van der Waals surface area (Å²) in [6.45, 7) is 10.9. The van der Waals surface area contributed by atoms with Gasteiger partial charge >= 0.3 is 0 Å². The maximum absolute atomic E-state index is 11.8. The number of carbonyl (C=O) groups is 1. The molecule has 1 saturated heterocycles. The molecule has 1 rings (SSSR count). The van der Waals surface area contributed by atoms with Crippen molar-refractivity contribution in [3.8, 4) is 12.3 Å². The molecule has 0 aromatic rings. The Kier molecular flexibility index (Phi) is 4.98. The van der Waals surface area contributed by atoms with Gasteiger partial charge in [0.05, 0.1) is 13.1 Å². The van der Waals surface area contributed by atoms with E-state index in [1.54, 1.807) is 0 Å². The molecule has 17 heavy (non-hydrogen) atoms. The van der Waals surface area contributed by atoms with Gasteiger partial charge in [-0.2, -0.15) is 0 Å². The summed E-state index contributed by atoms with van der Waals surface area (Å²) in [7, 11) is 0. The van der Waals surface area contributed by atoms with Gasteiger partial charge in [-0.15, -0.1) is 6.42 Å². The van der Waals surface area contributed by atoms with Crippen molar-refractivity contribution in [2.75, 3.05) is 39.3 Å². The van der Waals surface area contributed by atoms with Crippen LogP contribution in [0.2, 0.25) is 0 Å². The normalized spacial score (nSPS) is 17.9. The summed E-state index contributed by atoms with van der Waals surface area (Å²) in [5.74, 6) is 2.61. The minimum Gasteiger partial charge on any atom is -0.339 e. The lowest BCUT2D eigenvalue weighted by Crippen LogP contribution is -2.55. The third kappa shape index (κ3) is 4.37. The highest BCUT2D eigenvalue weighted by Crippen LogP contribution is 2.15. The largest absolute Gasteiger partial charge is 0.339 e. The summed E-state index contributed by atoms with van der Waals surface area (Å²) in [6.07, 6.45) is 5.12. The molecule has 1 fully saturated rings. The predicted octanol–water partition coefficient (Wildman–Crippen LogP) is 0.152. The molecule has 1 amide bonds. The van der Waals surface area contributed by atoms with Gasteiger partial charge in [0.15, 0.2) is 0 Å². The first-order valence-corrected chi connectivity index (χ1v) is 6.12. The van der Waals surface area contributed by atoms with E-state index in [2.05, 4.69) is 36.9 Å². The summed E-state index contributed by atoms with van der Waals surface area (Å²) in [5.41, 5.74) is 0.191. The average molecular weight is 237 g/mol. The molecule has 96 valence electrons. The van der Waals surface area contributed by atoms with Gasteiger partial charge < -0.3 is 4.90 Å². The summed E-state index contributed by atoms with van der Waals surface area (Å²) >= 11 is 0. The van der Waals surface area contributed by atoms with E-state index in [-0.39, 0.29) is 11.4 Å². The fourth-order valence-corrected chi connectivity index (χ4v) is 1.98. The number of hydrogen-bond acceptors (Lipinski definition) is 3. The SMILES string of the molecule is C#CCNCC(=O)N1CCN(C(C)(C)C)CC1. The van der Waals surface area contributed by atoms with Crippen molar-refractivity contribution in [3.05, 3.63) is 0 Å². The van der Waals surface area contributed by atoms with Gasteiger partial charge in [-0.25, -0.2) is 0 Å².